The normalized spacial score (nSPS) is 11.0. The van der Waals surface area contributed by atoms with Gasteiger partial charge in [-0.1, -0.05) is 23.4 Å². The molecule has 3 rings (SSSR count). The number of hydrogen-bond donors (Lipinski definition) is 1. The number of benzene rings is 2. The van der Waals surface area contributed by atoms with Crippen LogP contribution in [-0.2, 0) is 11.3 Å². The van der Waals surface area contributed by atoms with Crippen molar-refractivity contribution in [1.82, 2.24) is 20.2 Å². The van der Waals surface area contributed by atoms with Gasteiger partial charge in [0.2, 0.25) is 0 Å². The van der Waals surface area contributed by atoms with Gasteiger partial charge in [0.1, 0.15) is 11.5 Å². The van der Waals surface area contributed by atoms with Crippen molar-refractivity contribution < 1.29 is 14.3 Å². The molecule has 0 saturated carbocycles. The Bertz CT molecular complexity index is 1070. The maximum Gasteiger partial charge on any atom is 0.250 e. The highest BCUT2D eigenvalue weighted by Crippen LogP contribution is 2.25. The molecule has 0 atom stereocenters. The van der Waals surface area contributed by atoms with Gasteiger partial charge in [-0.15, -0.1) is 10.2 Å². The Morgan fingerprint density at radius 2 is 1.97 bits per heavy atom. The molecule has 0 fully saturated rings. The van der Waals surface area contributed by atoms with Gasteiger partial charge in [-0.25, -0.2) is 5.43 Å². The van der Waals surface area contributed by atoms with Crippen LogP contribution in [0.1, 0.15) is 12.5 Å². The van der Waals surface area contributed by atoms with Crippen LogP contribution < -0.4 is 14.9 Å². The Balaban J connectivity index is 1.60. The van der Waals surface area contributed by atoms with Crippen molar-refractivity contribution in [3.63, 3.8) is 0 Å². The van der Waals surface area contributed by atoms with E-state index >= 15 is 0 Å². The van der Waals surface area contributed by atoms with E-state index in [0.717, 1.165) is 17.0 Å². The van der Waals surface area contributed by atoms with E-state index in [1.54, 1.807) is 32.4 Å². The van der Waals surface area contributed by atoms with Crippen molar-refractivity contribution in [2.45, 2.75) is 18.6 Å². The Labute approximate surface area is 189 Å². The molecule has 0 radical (unpaired) electrons. The second-order valence-electron chi connectivity index (χ2n) is 6.25. The highest BCUT2D eigenvalue weighted by Gasteiger charge is 2.14. The summed E-state index contributed by atoms with van der Waals surface area (Å²) in [5.41, 5.74) is 4.14. The quantitative estimate of drug-likeness (QED) is 0.296. The van der Waals surface area contributed by atoms with E-state index in [0.29, 0.717) is 28.2 Å². The van der Waals surface area contributed by atoms with Crippen molar-refractivity contribution in [2.75, 3.05) is 20.0 Å². The van der Waals surface area contributed by atoms with Crippen molar-refractivity contribution in [3.8, 4) is 22.9 Å². The summed E-state index contributed by atoms with van der Waals surface area (Å²) in [6, 6.07) is 12.7. The van der Waals surface area contributed by atoms with Gasteiger partial charge in [-0.05, 0) is 43.3 Å². The molecule has 0 spiro atoms. The largest absolute Gasteiger partial charge is 0.497 e. The van der Waals surface area contributed by atoms with E-state index in [9.17, 15) is 4.79 Å². The van der Waals surface area contributed by atoms with Crippen LogP contribution in [0.4, 0.5) is 0 Å². The zero-order chi connectivity index (χ0) is 22.2. The van der Waals surface area contributed by atoms with Gasteiger partial charge in [0, 0.05) is 28.8 Å². The van der Waals surface area contributed by atoms with Gasteiger partial charge < -0.3 is 14.0 Å². The lowest BCUT2D eigenvalue weighted by molar-refractivity contribution is -0.118. The highest BCUT2D eigenvalue weighted by molar-refractivity contribution is 7.99. The van der Waals surface area contributed by atoms with Gasteiger partial charge in [-0.2, -0.15) is 5.10 Å². The third kappa shape index (κ3) is 5.77. The number of carbonyl (C=O) groups is 1. The summed E-state index contributed by atoms with van der Waals surface area (Å²) in [6.45, 7) is 2.67. The lowest BCUT2D eigenvalue weighted by Gasteiger charge is -2.07. The van der Waals surface area contributed by atoms with E-state index in [1.807, 2.05) is 35.8 Å². The predicted molar refractivity (Wildman–Crippen MR) is 122 cm³/mol. The minimum atomic E-state index is -0.257. The monoisotopic (exact) mass is 459 g/mol. The standard InChI is InChI=1S/C21H22ClN5O3S/c1-4-27-20(14-5-8-16(22)9-6-14)25-26-21(27)31-13-19(28)24-23-12-15-7-10-17(29-2)11-18(15)30-3/h5-12H,4,13H2,1-3H3,(H,24,28)/b23-12+. The topological polar surface area (TPSA) is 90.6 Å². The fourth-order valence-corrected chi connectivity index (χ4v) is 3.68. The fraction of sp³-hybridized carbons (Fsp3) is 0.238. The van der Waals surface area contributed by atoms with Crippen LogP contribution in [0.2, 0.25) is 5.02 Å². The number of hydrogen-bond acceptors (Lipinski definition) is 7. The molecule has 3 aromatic rings. The van der Waals surface area contributed by atoms with Crippen LogP contribution in [0, 0.1) is 0 Å². The lowest BCUT2D eigenvalue weighted by Crippen LogP contribution is -2.20. The first-order chi connectivity index (χ1) is 15.0. The van der Waals surface area contributed by atoms with Crippen LogP contribution in [-0.4, -0.2) is 46.9 Å². The van der Waals surface area contributed by atoms with Crippen molar-refractivity contribution in [2.24, 2.45) is 5.10 Å². The van der Waals surface area contributed by atoms with Crippen molar-refractivity contribution >= 4 is 35.5 Å². The number of methoxy groups -OCH3 is 2. The minimum absolute atomic E-state index is 0.149. The Morgan fingerprint density at radius 1 is 1.19 bits per heavy atom. The molecular formula is C21H22ClN5O3S. The van der Waals surface area contributed by atoms with Crippen LogP contribution in [0.15, 0.2) is 52.7 Å². The van der Waals surface area contributed by atoms with Crippen LogP contribution >= 0.6 is 23.4 Å². The molecule has 0 aliphatic rings. The average molecular weight is 460 g/mol. The van der Waals surface area contributed by atoms with Gasteiger partial charge >= 0.3 is 0 Å². The molecule has 31 heavy (non-hydrogen) atoms. The third-order valence-electron chi connectivity index (χ3n) is 4.30. The summed E-state index contributed by atoms with van der Waals surface area (Å²) in [6.07, 6.45) is 1.52. The smallest absolute Gasteiger partial charge is 0.250 e. The SMILES string of the molecule is CCn1c(SCC(=O)N/N=C/c2ccc(OC)cc2OC)nnc1-c1ccc(Cl)cc1. The molecule has 2 aromatic carbocycles. The Hall–Kier alpha value is -3.04. The van der Waals surface area contributed by atoms with Crippen LogP contribution in [0.25, 0.3) is 11.4 Å². The molecule has 162 valence electrons. The summed E-state index contributed by atoms with van der Waals surface area (Å²) in [4.78, 5) is 12.2. The number of hydrazone groups is 1. The van der Waals surface area contributed by atoms with Crippen molar-refractivity contribution in [3.05, 3.63) is 53.1 Å². The van der Waals surface area contributed by atoms with E-state index in [1.165, 1.54) is 18.0 Å². The molecule has 0 aliphatic heterocycles. The predicted octanol–water partition coefficient (Wildman–Crippen LogP) is 3.88. The zero-order valence-corrected chi connectivity index (χ0v) is 18.9. The number of thioether (sulfide) groups is 1. The first-order valence-electron chi connectivity index (χ1n) is 9.41. The molecule has 8 nitrogen and oxygen atoms in total. The highest BCUT2D eigenvalue weighted by atomic mass is 35.5. The number of nitrogens with zero attached hydrogens (tertiary/aromatic N) is 4. The molecule has 1 heterocycles. The second kappa shape index (κ2) is 10.8. The summed E-state index contributed by atoms with van der Waals surface area (Å²) in [7, 11) is 3.14. The number of ether oxygens (including phenoxy) is 2. The third-order valence-corrected chi connectivity index (χ3v) is 5.52. The van der Waals surface area contributed by atoms with E-state index < -0.39 is 0 Å². The second-order valence-corrected chi connectivity index (χ2v) is 7.63. The minimum Gasteiger partial charge on any atom is -0.497 e. The fourth-order valence-electron chi connectivity index (χ4n) is 2.75. The zero-order valence-electron chi connectivity index (χ0n) is 17.3. The molecule has 1 N–H and O–H groups in total. The summed E-state index contributed by atoms with van der Waals surface area (Å²) < 4.78 is 12.4. The lowest BCUT2D eigenvalue weighted by atomic mass is 10.2. The molecule has 0 bridgehead atoms. The van der Waals surface area contributed by atoms with Gasteiger partial charge in [0.15, 0.2) is 11.0 Å². The summed E-state index contributed by atoms with van der Waals surface area (Å²) in [5.74, 6) is 1.89. The molecule has 10 heteroatoms. The summed E-state index contributed by atoms with van der Waals surface area (Å²) in [5, 5.41) is 13.8. The first-order valence-corrected chi connectivity index (χ1v) is 10.8. The Kier molecular flexibility index (Phi) is 7.91. The van der Waals surface area contributed by atoms with E-state index in [2.05, 4.69) is 20.7 Å². The molecule has 0 unspecified atom stereocenters. The molecule has 0 saturated heterocycles. The molecule has 0 aliphatic carbocycles. The van der Waals surface area contributed by atoms with E-state index in [4.69, 9.17) is 21.1 Å². The van der Waals surface area contributed by atoms with Gasteiger partial charge in [-0.3, -0.25) is 4.79 Å². The van der Waals surface area contributed by atoms with Crippen LogP contribution in [0.3, 0.4) is 0 Å². The number of carbonyl (C=O) groups excluding carboxylic acids is 1. The van der Waals surface area contributed by atoms with Gasteiger partial charge in [0.05, 0.1) is 26.2 Å². The number of rotatable bonds is 9. The number of halogens is 1. The first kappa shape index (κ1) is 22.6. The van der Waals surface area contributed by atoms with E-state index in [-0.39, 0.29) is 11.7 Å². The molecular weight excluding hydrogens is 438 g/mol. The van der Waals surface area contributed by atoms with Crippen LogP contribution in [0.5, 0.6) is 11.5 Å². The maximum atomic E-state index is 12.2. The number of aromatic nitrogens is 3. The average Bonchev–Trinajstić information content (AvgIpc) is 3.21. The molecule has 1 amide bonds. The number of nitrogens with one attached hydrogen (secondary N) is 1. The van der Waals surface area contributed by atoms with Gasteiger partial charge in [0.25, 0.3) is 5.91 Å². The molecule has 1 aromatic heterocycles. The van der Waals surface area contributed by atoms with Crippen molar-refractivity contribution in [1.29, 1.82) is 0 Å². The Morgan fingerprint density at radius 3 is 2.65 bits per heavy atom. The summed E-state index contributed by atoms with van der Waals surface area (Å²) >= 11 is 7.25. The maximum absolute atomic E-state index is 12.2. The number of amides is 1.